The minimum Gasteiger partial charge on any atom is -0.494 e. The molecule has 3 rings (SSSR count). The fraction of sp³-hybridized carbons (Fsp3) is 0.263. The second-order valence-electron chi connectivity index (χ2n) is 5.70. The molecule has 23 heavy (non-hydrogen) atoms. The number of hydrogen-bond donors (Lipinski definition) is 0. The third kappa shape index (κ3) is 3.97. The molecule has 0 spiro atoms. The van der Waals surface area contributed by atoms with Gasteiger partial charge in [-0.3, -0.25) is 9.67 Å². The van der Waals surface area contributed by atoms with Crippen molar-refractivity contribution in [3.63, 3.8) is 0 Å². The van der Waals surface area contributed by atoms with Crippen molar-refractivity contribution >= 4 is 0 Å². The number of ether oxygens (including phenoxy) is 1. The predicted molar refractivity (Wildman–Crippen MR) is 91.5 cm³/mol. The lowest BCUT2D eigenvalue weighted by atomic mass is 10.1. The first-order valence-corrected chi connectivity index (χ1v) is 7.86. The Morgan fingerprint density at radius 2 is 1.70 bits per heavy atom. The van der Waals surface area contributed by atoms with Gasteiger partial charge in [-0.1, -0.05) is 6.07 Å². The van der Waals surface area contributed by atoms with Crippen molar-refractivity contribution < 1.29 is 4.74 Å². The van der Waals surface area contributed by atoms with Crippen LogP contribution in [0.1, 0.15) is 17.5 Å². The summed E-state index contributed by atoms with van der Waals surface area (Å²) in [5.74, 6) is 0.942. The van der Waals surface area contributed by atoms with Crippen molar-refractivity contribution in [2.75, 3.05) is 6.61 Å². The molecule has 3 aromatic rings. The first kappa shape index (κ1) is 15.3. The first-order valence-electron chi connectivity index (χ1n) is 7.86. The molecule has 0 saturated heterocycles. The van der Waals surface area contributed by atoms with Crippen molar-refractivity contribution in [3.8, 4) is 17.0 Å². The molecule has 0 unspecified atom stereocenters. The number of aromatic nitrogens is 3. The molecule has 118 valence electrons. The Bertz CT molecular complexity index is 745. The summed E-state index contributed by atoms with van der Waals surface area (Å²) in [6.45, 7) is 5.68. The normalized spacial score (nSPS) is 10.7. The number of pyridine rings is 1. The summed E-state index contributed by atoms with van der Waals surface area (Å²) < 4.78 is 7.87. The molecular weight excluding hydrogens is 286 g/mol. The quantitative estimate of drug-likeness (QED) is 0.645. The van der Waals surface area contributed by atoms with Gasteiger partial charge in [0.1, 0.15) is 5.75 Å². The van der Waals surface area contributed by atoms with Crippen LogP contribution in [0.5, 0.6) is 5.75 Å². The average molecular weight is 307 g/mol. The Balaban J connectivity index is 1.57. The highest BCUT2D eigenvalue weighted by Gasteiger charge is 2.05. The van der Waals surface area contributed by atoms with Crippen molar-refractivity contribution in [2.24, 2.45) is 0 Å². The van der Waals surface area contributed by atoms with Crippen LogP contribution >= 0.6 is 0 Å². The zero-order valence-electron chi connectivity index (χ0n) is 13.6. The Morgan fingerprint density at radius 3 is 2.43 bits per heavy atom. The molecular formula is C19H21N3O. The van der Waals surface area contributed by atoms with Gasteiger partial charge in [0, 0.05) is 37.1 Å². The minimum atomic E-state index is 0.679. The third-order valence-electron chi connectivity index (χ3n) is 3.67. The van der Waals surface area contributed by atoms with Crippen LogP contribution in [0.15, 0.2) is 55.0 Å². The molecule has 0 aliphatic rings. The molecule has 1 aromatic carbocycles. The van der Waals surface area contributed by atoms with Crippen molar-refractivity contribution in [2.45, 2.75) is 26.8 Å². The lowest BCUT2D eigenvalue weighted by Crippen LogP contribution is -2.07. The van der Waals surface area contributed by atoms with E-state index in [1.165, 1.54) is 11.1 Å². The van der Waals surface area contributed by atoms with E-state index in [4.69, 9.17) is 4.74 Å². The van der Waals surface area contributed by atoms with Crippen LogP contribution in [-0.2, 0) is 6.54 Å². The zero-order chi connectivity index (χ0) is 16.1. The maximum Gasteiger partial charge on any atom is 0.119 e. The van der Waals surface area contributed by atoms with E-state index in [0.29, 0.717) is 6.61 Å². The molecule has 0 fully saturated rings. The molecule has 0 aliphatic carbocycles. The Labute approximate surface area is 136 Å². The average Bonchev–Trinajstić information content (AvgIpc) is 3.00. The summed E-state index contributed by atoms with van der Waals surface area (Å²) in [5, 5.41) is 4.41. The molecule has 0 bridgehead atoms. The van der Waals surface area contributed by atoms with Crippen LogP contribution < -0.4 is 4.74 Å². The number of rotatable bonds is 6. The van der Waals surface area contributed by atoms with Crippen LogP contribution in [0.2, 0.25) is 0 Å². The highest BCUT2D eigenvalue weighted by Crippen LogP contribution is 2.19. The molecule has 4 heteroatoms. The molecule has 2 aromatic heterocycles. The lowest BCUT2D eigenvalue weighted by molar-refractivity contribution is 0.298. The molecule has 0 atom stereocenters. The highest BCUT2D eigenvalue weighted by atomic mass is 16.5. The topological polar surface area (TPSA) is 39.9 Å². The summed E-state index contributed by atoms with van der Waals surface area (Å²) in [6.07, 6.45) is 6.35. The zero-order valence-corrected chi connectivity index (χ0v) is 13.6. The van der Waals surface area contributed by atoms with Gasteiger partial charge in [-0.05, 0) is 55.3 Å². The molecule has 0 aliphatic heterocycles. The van der Waals surface area contributed by atoms with Crippen LogP contribution in [0.3, 0.4) is 0 Å². The Kier molecular flexibility index (Phi) is 4.71. The van der Waals surface area contributed by atoms with E-state index in [-0.39, 0.29) is 0 Å². The fourth-order valence-electron chi connectivity index (χ4n) is 2.70. The van der Waals surface area contributed by atoms with Crippen molar-refractivity contribution in [1.29, 1.82) is 0 Å². The smallest absolute Gasteiger partial charge is 0.119 e. The summed E-state index contributed by atoms with van der Waals surface area (Å²) in [4.78, 5) is 4.06. The predicted octanol–water partition coefficient (Wildman–Crippen LogP) is 4.03. The Hall–Kier alpha value is -2.62. The largest absolute Gasteiger partial charge is 0.494 e. The van der Waals surface area contributed by atoms with Crippen LogP contribution in [0.4, 0.5) is 0 Å². The fourth-order valence-corrected chi connectivity index (χ4v) is 2.70. The maximum absolute atomic E-state index is 5.86. The summed E-state index contributed by atoms with van der Waals surface area (Å²) in [7, 11) is 0. The van der Waals surface area contributed by atoms with Gasteiger partial charge in [-0.25, -0.2) is 0 Å². The van der Waals surface area contributed by atoms with Gasteiger partial charge in [0.05, 0.1) is 12.3 Å². The van der Waals surface area contributed by atoms with E-state index in [0.717, 1.165) is 30.0 Å². The molecule has 0 radical (unpaired) electrons. The van der Waals surface area contributed by atoms with Gasteiger partial charge in [0.15, 0.2) is 0 Å². The van der Waals surface area contributed by atoms with Gasteiger partial charge in [-0.15, -0.1) is 0 Å². The molecule has 0 N–H and O–H groups in total. The first-order chi connectivity index (χ1) is 11.2. The van der Waals surface area contributed by atoms with Gasteiger partial charge >= 0.3 is 0 Å². The van der Waals surface area contributed by atoms with Crippen molar-refractivity contribution in [3.05, 3.63) is 66.1 Å². The second-order valence-corrected chi connectivity index (χ2v) is 5.70. The number of benzene rings is 1. The number of aryl methyl sites for hydroxylation is 3. The molecule has 0 amide bonds. The van der Waals surface area contributed by atoms with Crippen LogP contribution in [0, 0.1) is 13.8 Å². The molecule has 2 heterocycles. The van der Waals surface area contributed by atoms with Gasteiger partial charge in [0.2, 0.25) is 0 Å². The van der Waals surface area contributed by atoms with E-state index in [1.54, 1.807) is 12.4 Å². The lowest BCUT2D eigenvalue weighted by Gasteiger charge is -2.10. The summed E-state index contributed by atoms with van der Waals surface area (Å²) in [6, 6.07) is 12.3. The standard InChI is InChI=1S/C19H21N3O/c1-15-12-16(2)14-18(13-15)23-11-3-10-22-19(6-9-21-22)17-4-7-20-8-5-17/h4-9,12-14H,3,10-11H2,1-2H3. The highest BCUT2D eigenvalue weighted by molar-refractivity contribution is 5.58. The summed E-state index contributed by atoms with van der Waals surface area (Å²) >= 11 is 0. The van der Waals surface area contributed by atoms with Gasteiger partial charge < -0.3 is 4.74 Å². The van der Waals surface area contributed by atoms with E-state index in [9.17, 15) is 0 Å². The SMILES string of the molecule is Cc1cc(C)cc(OCCCn2nccc2-c2ccncc2)c1. The van der Waals surface area contributed by atoms with E-state index >= 15 is 0 Å². The molecule has 0 saturated carbocycles. The maximum atomic E-state index is 5.86. The number of nitrogens with zero attached hydrogens (tertiary/aromatic N) is 3. The van der Waals surface area contributed by atoms with Crippen LogP contribution in [-0.4, -0.2) is 21.4 Å². The van der Waals surface area contributed by atoms with E-state index < -0.39 is 0 Å². The second kappa shape index (κ2) is 7.09. The van der Waals surface area contributed by atoms with E-state index in [1.807, 2.05) is 29.1 Å². The van der Waals surface area contributed by atoms with Gasteiger partial charge in [0.25, 0.3) is 0 Å². The monoisotopic (exact) mass is 307 g/mol. The summed E-state index contributed by atoms with van der Waals surface area (Å²) in [5.41, 5.74) is 4.70. The van der Waals surface area contributed by atoms with E-state index in [2.05, 4.69) is 42.1 Å². The Morgan fingerprint density at radius 1 is 0.957 bits per heavy atom. The third-order valence-corrected chi connectivity index (χ3v) is 3.67. The van der Waals surface area contributed by atoms with Crippen LogP contribution in [0.25, 0.3) is 11.3 Å². The number of hydrogen-bond acceptors (Lipinski definition) is 3. The molecule has 4 nitrogen and oxygen atoms in total. The minimum absolute atomic E-state index is 0.679. The van der Waals surface area contributed by atoms with Crippen molar-refractivity contribution in [1.82, 2.24) is 14.8 Å². The van der Waals surface area contributed by atoms with Gasteiger partial charge in [-0.2, -0.15) is 5.10 Å².